The molecule has 0 unspecified atom stereocenters. The van der Waals surface area contributed by atoms with Crippen molar-refractivity contribution in [1.29, 1.82) is 0 Å². The molecule has 1 aromatic rings. The second-order valence-corrected chi connectivity index (χ2v) is 7.85. The Morgan fingerprint density at radius 2 is 1.59 bits per heavy atom. The molecule has 0 bridgehead atoms. The average molecular weight is 408 g/mol. The molecule has 0 radical (unpaired) electrons. The molecule has 0 aliphatic carbocycles. The molecule has 2 amide bonds. The standard InChI is InChI=1S/C21H33N3O5/c1-5-27-17-6-8-18(9-7-17)28-16-19(25)22-10-11-23-12-14-24(15-13-23)20(26)29-21(2,3)4/h6-9H,5,10-16H2,1-4H3,(H,22,25). The number of benzene rings is 1. The molecule has 8 nitrogen and oxygen atoms in total. The summed E-state index contributed by atoms with van der Waals surface area (Å²) in [4.78, 5) is 28.0. The fourth-order valence-corrected chi connectivity index (χ4v) is 2.83. The van der Waals surface area contributed by atoms with E-state index in [0.29, 0.717) is 32.0 Å². The lowest BCUT2D eigenvalue weighted by atomic mass is 10.2. The van der Waals surface area contributed by atoms with Gasteiger partial charge in [-0.1, -0.05) is 0 Å². The van der Waals surface area contributed by atoms with Gasteiger partial charge in [-0.25, -0.2) is 4.79 Å². The lowest BCUT2D eigenvalue weighted by Crippen LogP contribution is -2.51. The van der Waals surface area contributed by atoms with Crippen molar-refractivity contribution in [3.8, 4) is 11.5 Å². The second kappa shape index (κ2) is 10.9. The molecule has 162 valence electrons. The lowest BCUT2D eigenvalue weighted by Gasteiger charge is -2.35. The number of hydrogen-bond donors (Lipinski definition) is 1. The molecule has 0 aromatic heterocycles. The maximum absolute atomic E-state index is 12.1. The van der Waals surface area contributed by atoms with E-state index < -0.39 is 5.60 Å². The van der Waals surface area contributed by atoms with Gasteiger partial charge >= 0.3 is 6.09 Å². The van der Waals surface area contributed by atoms with Crippen LogP contribution in [0.4, 0.5) is 4.79 Å². The average Bonchev–Trinajstić information content (AvgIpc) is 2.67. The number of ether oxygens (including phenoxy) is 3. The summed E-state index contributed by atoms with van der Waals surface area (Å²) in [6.45, 7) is 12.2. The van der Waals surface area contributed by atoms with Crippen LogP contribution in [0.15, 0.2) is 24.3 Å². The van der Waals surface area contributed by atoms with Gasteiger partial charge < -0.3 is 24.4 Å². The number of carbonyl (C=O) groups is 2. The zero-order valence-corrected chi connectivity index (χ0v) is 17.9. The molecule has 1 aliphatic rings. The van der Waals surface area contributed by atoms with Crippen molar-refractivity contribution < 1.29 is 23.8 Å². The van der Waals surface area contributed by atoms with E-state index >= 15 is 0 Å². The minimum Gasteiger partial charge on any atom is -0.494 e. The normalized spacial score (nSPS) is 15.0. The SMILES string of the molecule is CCOc1ccc(OCC(=O)NCCN2CCN(C(=O)OC(C)(C)C)CC2)cc1. The summed E-state index contributed by atoms with van der Waals surface area (Å²) in [6, 6.07) is 7.19. The Morgan fingerprint density at radius 1 is 1.00 bits per heavy atom. The van der Waals surface area contributed by atoms with Crippen LogP contribution in [-0.2, 0) is 9.53 Å². The van der Waals surface area contributed by atoms with Gasteiger partial charge in [0.2, 0.25) is 0 Å². The molecule has 1 N–H and O–H groups in total. The quantitative estimate of drug-likeness (QED) is 0.711. The van der Waals surface area contributed by atoms with Gasteiger partial charge in [0.25, 0.3) is 5.91 Å². The van der Waals surface area contributed by atoms with E-state index in [1.54, 1.807) is 17.0 Å². The number of piperazine rings is 1. The Labute approximate surface area is 173 Å². The Hall–Kier alpha value is -2.48. The minimum atomic E-state index is -0.480. The lowest BCUT2D eigenvalue weighted by molar-refractivity contribution is -0.123. The third-order valence-electron chi connectivity index (χ3n) is 4.28. The van der Waals surface area contributed by atoms with Gasteiger partial charge in [-0.15, -0.1) is 0 Å². The molecule has 1 fully saturated rings. The smallest absolute Gasteiger partial charge is 0.410 e. The van der Waals surface area contributed by atoms with Crippen molar-refractivity contribution in [2.75, 3.05) is 52.5 Å². The largest absolute Gasteiger partial charge is 0.494 e. The van der Waals surface area contributed by atoms with Gasteiger partial charge in [0.15, 0.2) is 6.61 Å². The van der Waals surface area contributed by atoms with E-state index in [-0.39, 0.29) is 18.6 Å². The number of hydrogen-bond acceptors (Lipinski definition) is 6. The van der Waals surface area contributed by atoms with E-state index in [4.69, 9.17) is 14.2 Å². The zero-order valence-electron chi connectivity index (χ0n) is 17.9. The Bertz CT molecular complexity index is 649. The van der Waals surface area contributed by atoms with E-state index in [0.717, 1.165) is 25.4 Å². The highest BCUT2D eigenvalue weighted by Crippen LogP contribution is 2.17. The summed E-state index contributed by atoms with van der Waals surface area (Å²) >= 11 is 0. The molecule has 1 aromatic carbocycles. The summed E-state index contributed by atoms with van der Waals surface area (Å²) in [6.07, 6.45) is -0.267. The molecule has 1 heterocycles. The molecule has 1 saturated heterocycles. The van der Waals surface area contributed by atoms with Gasteiger partial charge in [0, 0.05) is 39.3 Å². The first kappa shape index (κ1) is 22.8. The van der Waals surface area contributed by atoms with Crippen molar-refractivity contribution >= 4 is 12.0 Å². The van der Waals surface area contributed by atoms with E-state index in [1.165, 1.54) is 0 Å². The maximum atomic E-state index is 12.1. The van der Waals surface area contributed by atoms with Gasteiger partial charge in [-0.3, -0.25) is 9.69 Å². The summed E-state index contributed by atoms with van der Waals surface area (Å²) < 4.78 is 16.3. The summed E-state index contributed by atoms with van der Waals surface area (Å²) in [5.41, 5.74) is -0.480. The van der Waals surface area contributed by atoms with Gasteiger partial charge in [0.1, 0.15) is 17.1 Å². The minimum absolute atomic E-state index is 0.0274. The number of rotatable bonds is 8. The second-order valence-electron chi connectivity index (χ2n) is 7.85. The molecule has 8 heteroatoms. The summed E-state index contributed by atoms with van der Waals surface area (Å²) in [7, 11) is 0. The van der Waals surface area contributed by atoms with Crippen LogP contribution in [0.3, 0.4) is 0 Å². The summed E-state index contributed by atoms with van der Waals surface area (Å²) in [5, 5.41) is 2.86. The molecular weight excluding hydrogens is 374 g/mol. The molecule has 1 aliphatic heterocycles. The van der Waals surface area contributed by atoms with E-state index in [9.17, 15) is 9.59 Å². The molecule has 29 heavy (non-hydrogen) atoms. The van der Waals surface area contributed by atoms with Crippen molar-refractivity contribution in [3.05, 3.63) is 24.3 Å². The predicted molar refractivity (Wildman–Crippen MR) is 110 cm³/mol. The number of nitrogens with zero attached hydrogens (tertiary/aromatic N) is 2. The molecule has 0 saturated carbocycles. The first-order valence-corrected chi connectivity index (χ1v) is 10.1. The van der Waals surface area contributed by atoms with Gasteiger partial charge in [0.05, 0.1) is 6.61 Å². The first-order valence-electron chi connectivity index (χ1n) is 10.1. The van der Waals surface area contributed by atoms with Crippen molar-refractivity contribution in [2.45, 2.75) is 33.3 Å². The Morgan fingerprint density at radius 3 is 2.14 bits per heavy atom. The molecule has 0 spiro atoms. The highest BCUT2D eigenvalue weighted by molar-refractivity contribution is 5.77. The van der Waals surface area contributed by atoms with Crippen LogP contribution in [0.25, 0.3) is 0 Å². The van der Waals surface area contributed by atoms with Crippen LogP contribution in [-0.4, -0.2) is 79.9 Å². The van der Waals surface area contributed by atoms with Gasteiger partial charge in [-0.2, -0.15) is 0 Å². The maximum Gasteiger partial charge on any atom is 0.410 e. The van der Waals surface area contributed by atoms with Crippen LogP contribution in [0.2, 0.25) is 0 Å². The molecular formula is C21H33N3O5. The van der Waals surface area contributed by atoms with E-state index in [1.807, 2.05) is 39.8 Å². The molecule has 2 rings (SSSR count). The van der Waals surface area contributed by atoms with Crippen LogP contribution in [0.5, 0.6) is 11.5 Å². The van der Waals surface area contributed by atoms with Crippen LogP contribution in [0, 0.1) is 0 Å². The molecule has 0 atom stereocenters. The van der Waals surface area contributed by atoms with Crippen LogP contribution in [0.1, 0.15) is 27.7 Å². The monoisotopic (exact) mass is 407 g/mol. The summed E-state index contributed by atoms with van der Waals surface area (Å²) in [5.74, 6) is 1.24. The third kappa shape index (κ3) is 8.60. The fraction of sp³-hybridized carbons (Fsp3) is 0.619. The van der Waals surface area contributed by atoms with Crippen molar-refractivity contribution in [3.63, 3.8) is 0 Å². The topological polar surface area (TPSA) is 80.3 Å². The fourth-order valence-electron chi connectivity index (χ4n) is 2.83. The number of nitrogens with one attached hydrogen (secondary N) is 1. The van der Waals surface area contributed by atoms with E-state index in [2.05, 4.69) is 10.2 Å². The van der Waals surface area contributed by atoms with Crippen molar-refractivity contribution in [2.24, 2.45) is 0 Å². The van der Waals surface area contributed by atoms with Crippen molar-refractivity contribution in [1.82, 2.24) is 15.1 Å². The predicted octanol–water partition coefficient (Wildman–Crippen LogP) is 2.13. The highest BCUT2D eigenvalue weighted by atomic mass is 16.6. The Balaban J connectivity index is 1.59. The van der Waals surface area contributed by atoms with Crippen LogP contribution < -0.4 is 14.8 Å². The first-order chi connectivity index (χ1) is 13.8. The number of amides is 2. The third-order valence-corrected chi connectivity index (χ3v) is 4.28. The Kier molecular flexibility index (Phi) is 8.57. The van der Waals surface area contributed by atoms with Gasteiger partial charge in [-0.05, 0) is 52.0 Å². The zero-order chi connectivity index (χ0) is 21.3. The number of carbonyl (C=O) groups excluding carboxylic acids is 2. The van der Waals surface area contributed by atoms with Crippen LogP contribution >= 0.6 is 0 Å². The highest BCUT2D eigenvalue weighted by Gasteiger charge is 2.25.